The first kappa shape index (κ1) is 19.9. The molecule has 1 aromatic carbocycles. The van der Waals surface area contributed by atoms with E-state index in [9.17, 15) is 14.9 Å². The largest absolute Gasteiger partial charge is 0.465 e. The number of benzene rings is 1. The molecule has 1 aromatic rings. The lowest BCUT2D eigenvalue weighted by Crippen LogP contribution is -2.47. The Balaban J connectivity index is 2.70. The maximum atomic E-state index is 12.6. The van der Waals surface area contributed by atoms with Crippen LogP contribution in [0.4, 0.5) is 0 Å². The number of hydrogen-bond donors (Lipinski definition) is 1. The van der Waals surface area contributed by atoms with Crippen LogP contribution in [0.25, 0.3) is 0 Å². The second kappa shape index (κ2) is 7.87. The molecular formula is C18H19BrN2O5. The smallest absolute Gasteiger partial charge is 0.326 e. The Morgan fingerprint density at radius 2 is 2.00 bits per heavy atom. The van der Waals surface area contributed by atoms with Crippen molar-refractivity contribution in [2.45, 2.75) is 26.7 Å². The predicted octanol–water partition coefficient (Wildman–Crippen LogP) is 3.17. The lowest BCUT2D eigenvalue weighted by Gasteiger charge is -2.38. The van der Waals surface area contributed by atoms with E-state index in [1.165, 1.54) is 6.92 Å². The number of carbonyl (C=O) groups is 2. The molecule has 0 amide bonds. The van der Waals surface area contributed by atoms with Crippen LogP contribution in [0.1, 0.15) is 32.3 Å². The summed E-state index contributed by atoms with van der Waals surface area (Å²) in [7, 11) is 0. The zero-order valence-electron chi connectivity index (χ0n) is 14.7. The van der Waals surface area contributed by atoms with Gasteiger partial charge < -0.3 is 14.2 Å². The van der Waals surface area contributed by atoms with Gasteiger partial charge in [0.1, 0.15) is 11.7 Å². The summed E-state index contributed by atoms with van der Waals surface area (Å²) in [5, 5.41) is 18.0. The summed E-state index contributed by atoms with van der Waals surface area (Å²) in [6.07, 6.45) is 0. The monoisotopic (exact) mass is 422 g/mol. The maximum absolute atomic E-state index is 12.6. The highest BCUT2D eigenvalue weighted by Gasteiger charge is 2.55. The normalized spacial score (nSPS) is 20.8. The number of carbonyl (C=O) groups excluding carboxylic acids is 2. The zero-order chi connectivity index (χ0) is 19.5. The highest BCUT2D eigenvalue weighted by Crippen LogP contribution is 2.49. The molecule has 0 radical (unpaired) electrons. The van der Waals surface area contributed by atoms with Gasteiger partial charge in [0.25, 0.3) is 0 Å². The molecule has 0 fully saturated rings. The summed E-state index contributed by atoms with van der Waals surface area (Å²) in [6, 6.07) is 6.99. The third kappa shape index (κ3) is 3.44. The van der Waals surface area contributed by atoms with Gasteiger partial charge in [-0.25, -0.2) is 0 Å². The van der Waals surface area contributed by atoms with Crippen LogP contribution in [0.5, 0.6) is 5.75 Å². The SMILES string of the molecule is CCOC(=O)C1C(=N)Oc2ccc(Br)cc2C1C(C)(C#N)C(=O)OCC. The topological polar surface area (TPSA) is 109 Å². The molecule has 0 aliphatic carbocycles. The summed E-state index contributed by atoms with van der Waals surface area (Å²) < 4.78 is 16.3. The lowest BCUT2D eigenvalue weighted by molar-refractivity contribution is -0.155. The average Bonchev–Trinajstić information content (AvgIpc) is 2.60. The zero-order valence-corrected chi connectivity index (χ0v) is 16.3. The van der Waals surface area contributed by atoms with Crippen LogP contribution in [-0.4, -0.2) is 31.1 Å². The second-order valence-electron chi connectivity index (χ2n) is 5.89. The van der Waals surface area contributed by atoms with Crippen LogP contribution < -0.4 is 4.74 Å². The van der Waals surface area contributed by atoms with E-state index in [2.05, 4.69) is 15.9 Å². The van der Waals surface area contributed by atoms with Crippen LogP contribution in [-0.2, 0) is 19.1 Å². The van der Waals surface area contributed by atoms with Crippen molar-refractivity contribution in [2.24, 2.45) is 11.3 Å². The first-order chi connectivity index (χ1) is 12.3. The van der Waals surface area contributed by atoms with Crippen molar-refractivity contribution < 1.29 is 23.8 Å². The number of nitriles is 1. The number of fused-ring (bicyclic) bond motifs is 1. The minimum absolute atomic E-state index is 0.0895. The van der Waals surface area contributed by atoms with Crippen molar-refractivity contribution in [3.63, 3.8) is 0 Å². The van der Waals surface area contributed by atoms with Gasteiger partial charge in [-0.15, -0.1) is 0 Å². The molecule has 26 heavy (non-hydrogen) atoms. The van der Waals surface area contributed by atoms with Gasteiger partial charge >= 0.3 is 11.9 Å². The van der Waals surface area contributed by atoms with E-state index in [0.717, 1.165) is 0 Å². The van der Waals surface area contributed by atoms with Crippen molar-refractivity contribution in [3.8, 4) is 11.8 Å². The number of ether oxygens (including phenoxy) is 3. The molecule has 2 rings (SSSR count). The molecule has 0 bridgehead atoms. The Morgan fingerprint density at radius 1 is 1.35 bits per heavy atom. The number of hydrogen-bond acceptors (Lipinski definition) is 7. The molecule has 0 saturated heterocycles. The molecule has 1 aliphatic heterocycles. The third-order valence-corrected chi connectivity index (χ3v) is 4.73. The van der Waals surface area contributed by atoms with Gasteiger partial charge in [0.2, 0.25) is 5.90 Å². The van der Waals surface area contributed by atoms with E-state index in [-0.39, 0.29) is 19.1 Å². The van der Waals surface area contributed by atoms with Crippen molar-refractivity contribution >= 4 is 33.8 Å². The summed E-state index contributed by atoms with van der Waals surface area (Å²) in [4.78, 5) is 25.1. The lowest BCUT2D eigenvalue weighted by atomic mass is 9.66. The van der Waals surface area contributed by atoms with E-state index in [1.54, 1.807) is 32.0 Å². The van der Waals surface area contributed by atoms with Crippen molar-refractivity contribution in [1.29, 1.82) is 10.7 Å². The van der Waals surface area contributed by atoms with Crippen molar-refractivity contribution in [3.05, 3.63) is 28.2 Å². The minimum atomic E-state index is -1.71. The number of nitrogens with zero attached hydrogens (tertiary/aromatic N) is 1. The van der Waals surface area contributed by atoms with Crippen molar-refractivity contribution in [2.75, 3.05) is 13.2 Å². The Labute approximate surface area is 159 Å². The molecule has 1 heterocycles. The van der Waals surface area contributed by atoms with Gasteiger partial charge in [0.05, 0.1) is 19.3 Å². The fourth-order valence-electron chi connectivity index (χ4n) is 3.01. The van der Waals surface area contributed by atoms with Gasteiger partial charge in [-0.2, -0.15) is 5.26 Å². The molecular weight excluding hydrogens is 404 g/mol. The minimum Gasteiger partial charge on any atom is -0.465 e. The van der Waals surface area contributed by atoms with Gasteiger partial charge in [-0.3, -0.25) is 15.0 Å². The van der Waals surface area contributed by atoms with Gasteiger partial charge in [0.15, 0.2) is 5.41 Å². The highest BCUT2D eigenvalue weighted by atomic mass is 79.9. The Kier molecular flexibility index (Phi) is 6.03. The molecule has 0 aromatic heterocycles. The quantitative estimate of drug-likeness (QED) is 0.729. The fraction of sp³-hybridized carbons (Fsp3) is 0.444. The standard InChI is InChI=1S/C18H19BrN2O5/c1-4-24-16(22)13-14(18(3,9-20)17(23)25-5-2)11-8-10(19)6-7-12(11)26-15(13)21/h6-8,13-14,21H,4-5H2,1-3H3. The Hall–Kier alpha value is -2.40. The average molecular weight is 423 g/mol. The summed E-state index contributed by atoms with van der Waals surface area (Å²) in [5.41, 5.74) is -1.25. The van der Waals surface area contributed by atoms with Gasteiger partial charge in [-0.05, 0) is 39.0 Å². The van der Waals surface area contributed by atoms with E-state index in [1.807, 2.05) is 6.07 Å². The molecule has 8 heteroatoms. The molecule has 3 unspecified atom stereocenters. The summed E-state index contributed by atoms with van der Waals surface area (Å²) in [5.74, 6) is -3.75. The Morgan fingerprint density at radius 3 is 2.58 bits per heavy atom. The molecule has 1 aliphatic rings. The summed E-state index contributed by atoms with van der Waals surface area (Å²) >= 11 is 3.35. The van der Waals surface area contributed by atoms with Crippen LogP contribution in [0, 0.1) is 28.1 Å². The Bertz CT molecular complexity index is 788. The van der Waals surface area contributed by atoms with Crippen LogP contribution >= 0.6 is 15.9 Å². The van der Waals surface area contributed by atoms with Crippen LogP contribution in [0.3, 0.4) is 0 Å². The van der Waals surface area contributed by atoms with Gasteiger partial charge in [0, 0.05) is 16.0 Å². The van der Waals surface area contributed by atoms with E-state index in [0.29, 0.717) is 15.8 Å². The second-order valence-corrected chi connectivity index (χ2v) is 6.81. The molecule has 1 N–H and O–H groups in total. The predicted molar refractivity (Wildman–Crippen MR) is 95.7 cm³/mol. The third-order valence-electron chi connectivity index (χ3n) is 4.24. The molecule has 0 spiro atoms. The molecule has 0 saturated carbocycles. The van der Waals surface area contributed by atoms with Crippen LogP contribution in [0.2, 0.25) is 0 Å². The molecule has 3 atom stereocenters. The maximum Gasteiger partial charge on any atom is 0.326 e. The first-order valence-electron chi connectivity index (χ1n) is 8.10. The fourth-order valence-corrected chi connectivity index (χ4v) is 3.39. The van der Waals surface area contributed by atoms with Crippen molar-refractivity contribution in [1.82, 2.24) is 0 Å². The molecule has 7 nitrogen and oxygen atoms in total. The van der Waals surface area contributed by atoms with Gasteiger partial charge in [-0.1, -0.05) is 15.9 Å². The number of esters is 2. The summed E-state index contributed by atoms with van der Waals surface area (Å²) in [6.45, 7) is 4.87. The first-order valence-corrected chi connectivity index (χ1v) is 8.90. The van der Waals surface area contributed by atoms with E-state index in [4.69, 9.17) is 19.6 Å². The van der Waals surface area contributed by atoms with E-state index < -0.39 is 29.2 Å². The number of nitrogens with one attached hydrogen (secondary N) is 1. The van der Waals surface area contributed by atoms with E-state index >= 15 is 0 Å². The number of halogens is 1. The van der Waals surface area contributed by atoms with Crippen LogP contribution in [0.15, 0.2) is 22.7 Å². The molecule has 138 valence electrons. The number of rotatable bonds is 5. The highest BCUT2D eigenvalue weighted by molar-refractivity contribution is 9.10.